The standard InChI is InChI=1S/C26H30BrN7O2/c27-21-17-30-26(33-24(21)29-12-6-14-34-13-5-11-23(34)35)32-20-10-4-9-19(16-20)31-25(36)22(28)15-18-7-2-1-3-8-18/h1-4,7-10,16-17,22H,5-6,11-15,28H2,(H,31,36)(H2,29,30,32,33)/t22-/m1/s1. The molecule has 1 fully saturated rings. The Labute approximate surface area is 219 Å². The second-order valence-corrected chi connectivity index (χ2v) is 9.50. The van der Waals surface area contributed by atoms with Gasteiger partial charge >= 0.3 is 0 Å². The molecule has 10 heteroatoms. The third kappa shape index (κ3) is 7.25. The van der Waals surface area contributed by atoms with Crippen molar-refractivity contribution in [2.24, 2.45) is 5.73 Å². The SMILES string of the molecule is N[C@H](Cc1ccccc1)C(=O)Nc1cccc(Nc2ncc(Br)c(NCCCN3CCCC3=O)n2)c1. The molecule has 0 radical (unpaired) electrons. The molecule has 1 aliphatic rings. The molecule has 0 bridgehead atoms. The number of hydrogen-bond acceptors (Lipinski definition) is 7. The fourth-order valence-electron chi connectivity index (χ4n) is 3.97. The molecule has 1 atom stereocenters. The molecule has 1 aliphatic heterocycles. The van der Waals surface area contributed by atoms with Crippen molar-refractivity contribution in [2.45, 2.75) is 31.7 Å². The van der Waals surface area contributed by atoms with Gasteiger partial charge in [0.05, 0.1) is 10.5 Å². The summed E-state index contributed by atoms with van der Waals surface area (Å²) in [4.78, 5) is 35.1. The number of aromatic nitrogens is 2. The molecule has 1 saturated heterocycles. The van der Waals surface area contributed by atoms with E-state index in [1.54, 1.807) is 18.3 Å². The van der Waals surface area contributed by atoms with Gasteiger partial charge in [0, 0.05) is 43.6 Å². The van der Waals surface area contributed by atoms with E-state index < -0.39 is 6.04 Å². The molecule has 0 aliphatic carbocycles. The lowest BCUT2D eigenvalue weighted by atomic mass is 10.1. The number of amides is 2. The normalized spacial score (nSPS) is 13.9. The lowest BCUT2D eigenvalue weighted by Gasteiger charge is -2.16. The lowest BCUT2D eigenvalue weighted by molar-refractivity contribution is -0.127. The molecule has 5 N–H and O–H groups in total. The van der Waals surface area contributed by atoms with Crippen LogP contribution in [0.2, 0.25) is 0 Å². The smallest absolute Gasteiger partial charge is 0.241 e. The fraction of sp³-hybridized carbons (Fsp3) is 0.308. The molecular weight excluding hydrogens is 522 g/mol. The predicted octanol–water partition coefficient (Wildman–Crippen LogP) is 3.92. The average molecular weight is 552 g/mol. The van der Waals surface area contributed by atoms with Gasteiger partial charge in [0.1, 0.15) is 5.82 Å². The van der Waals surface area contributed by atoms with E-state index >= 15 is 0 Å². The van der Waals surface area contributed by atoms with Crippen molar-refractivity contribution in [3.8, 4) is 0 Å². The molecule has 0 saturated carbocycles. The van der Waals surface area contributed by atoms with Crippen LogP contribution in [0, 0.1) is 0 Å². The minimum absolute atomic E-state index is 0.237. The first-order valence-electron chi connectivity index (χ1n) is 12.0. The summed E-state index contributed by atoms with van der Waals surface area (Å²) in [5.41, 5.74) is 8.47. The van der Waals surface area contributed by atoms with Crippen molar-refractivity contribution in [2.75, 3.05) is 35.6 Å². The lowest BCUT2D eigenvalue weighted by Crippen LogP contribution is -2.37. The summed E-state index contributed by atoms with van der Waals surface area (Å²) in [6.45, 7) is 2.28. The predicted molar refractivity (Wildman–Crippen MR) is 145 cm³/mol. The van der Waals surface area contributed by atoms with Gasteiger partial charge in [0.25, 0.3) is 0 Å². The number of nitrogens with one attached hydrogen (secondary N) is 3. The number of rotatable bonds is 11. The van der Waals surface area contributed by atoms with Crippen LogP contribution in [-0.4, -0.2) is 52.4 Å². The number of halogens is 1. The van der Waals surface area contributed by atoms with Gasteiger partial charge in [-0.05, 0) is 59.0 Å². The Balaban J connectivity index is 1.31. The fourth-order valence-corrected chi connectivity index (χ4v) is 4.30. The Morgan fingerprint density at radius 3 is 2.72 bits per heavy atom. The number of likely N-dealkylation sites (tertiary alicyclic amines) is 1. The highest BCUT2D eigenvalue weighted by molar-refractivity contribution is 9.10. The summed E-state index contributed by atoms with van der Waals surface area (Å²) in [6, 6.07) is 16.3. The zero-order valence-corrected chi connectivity index (χ0v) is 21.5. The Morgan fingerprint density at radius 1 is 1.14 bits per heavy atom. The number of nitrogens with zero attached hydrogens (tertiary/aromatic N) is 3. The number of nitrogens with two attached hydrogens (primary N) is 1. The van der Waals surface area contributed by atoms with Gasteiger partial charge in [-0.2, -0.15) is 4.98 Å². The first-order chi connectivity index (χ1) is 17.5. The zero-order chi connectivity index (χ0) is 25.3. The quantitative estimate of drug-likeness (QED) is 0.266. The second-order valence-electron chi connectivity index (χ2n) is 8.65. The summed E-state index contributed by atoms with van der Waals surface area (Å²) in [7, 11) is 0. The molecule has 3 aromatic rings. The monoisotopic (exact) mass is 551 g/mol. The van der Waals surface area contributed by atoms with E-state index in [-0.39, 0.29) is 11.8 Å². The van der Waals surface area contributed by atoms with E-state index in [1.165, 1.54) is 0 Å². The van der Waals surface area contributed by atoms with Crippen molar-refractivity contribution < 1.29 is 9.59 Å². The van der Waals surface area contributed by atoms with Crippen LogP contribution in [-0.2, 0) is 16.0 Å². The van der Waals surface area contributed by atoms with Crippen molar-refractivity contribution >= 4 is 50.9 Å². The van der Waals surface area contributed by atoms with E-state index in [4.69, 9.17) is 5.73 Å². The Bertz CT molecular complexity index is 1190. The molecule has 1 aromatic heterocycles. The summed E-state index contributed by atoms with van der Waals surface area (Å²) >= 11 is 3.48. The summed E-state index contributed by atoms with van der Waals surface area (Å²) in [6.07, 6.45) is 4.58. The molecule has 0 spiro atoms. The van der Waals surface area contributed by atoms with Gasteiger partial charge in [-0.3, -0.25) is 9.59 Å². The third-order valence-corrected chi connectivity index (χ3v) is 6.41. The minimum atomic E-state index is -0.656. The number of anilines is 4. The van der Waals surface area contributed by atoms with Gasteiger partial charge in [0.15, 0.2) is 0 Å². The van der Waals surface area contributed by atoms with Crippen LogP contribution in [0.15, 0.2) is 65.3 Å². The Kier molecular flexibility index (Phi) is 8.85. The molecule has 2 amide bonds. The highest BCUT2D eigenvalue weighted by atomic mass is 79.9. The molecule has 2 aromatic carbocycles. The Morgan fingerprint density at radius 2 is 1.94 bits per heavy atom. The maximum absolute atomic E-state index is 12.6. The number of carbonyl (C=O) groups excluding carboxylic acids is 2. The van der Waals surface area contributed by atoms with Gasteiger partial charge in [-0.25, -0.2) is 4.98 Å². The molecule has 188 valence electrons. The topological polar surface area (TPSA) is 125 Å². The van der Waals surface area contributed by atoms with Crippen LogP contribution in [0.3, 0.4) is 0 Å². The van der Waals surface area contributed by atoms with E-state index in [9.17, 15) is 9.59 Å². The van der Waals surface area contributed by atoms with Gasteiger partial charge in [-0.15, -0.1) is 0 Å². The van der Waals surface area contributed by atoms with Gasteiger partial charge in [-0.1, -0.05) is 36.4 Å². The van der Waals surface area contributed by atoms with Crippen LogP contribution in [0.25, 0.3) is 0 Å². The average Bonchev–Trinajstić information content (AvgIpc) is 3.29. The number of benzene rings is 2. The molecule has 2 heterocycles. The van der Waals surface area contributed by atoms with E-state index in [1.807, 2.05) is 47.4 Å². The second kappa shape index (κ2) is 12.5. The molecule has 9 nitrogen and oxygen atoms in total. The minimum Gasteiger partial charge on any atom is -0.369 e. The zero-order valence-electron chi connectivity index (χ0n) is 19.9. The number of hydrogen-bond donors (Lipinski definition) is 4. The number of carbonyl (C=O) groups is 2. The first-order valence-corrected chi connectivity index (χ1v) is 12.8. The van der Waals surface area contributed by atoms with E-state index in [2.05, 4.69) is 41.8 Å². The summed E-state index contributed by atoms with van der Waals surface area (Å²) < 4.78 is 0.749. The van der Waals surface area contributed by atoms with Gasteiger partial charge in [0.2, 0.25) is 17.8 Å². The third-order valence-electron chi connectivity index (χ3n) is 5.83. The summed E-state index contributed by atoms with van der Waals surface area (Å²) in [5.74, 6) is 1.07. The van der Waals surface area contributed by atoms with Gasteiger partial charge < -0.3 is 26.6 Å². The molecule has 0 unspecified atom stereocenters. The van der Waals surface area contributed by atoms with Crippen LogP contribution in [0.1, 0.15) is 24.8 Å². The highest BCUT2D eigenvalue weighted by Gasteiger charge is 2.19. The first kappa shape index (κ1) is 25.6. The van der Waals surface area contributed by atoms with Crippen molar-refractivity contribution in [3.05, 3.63) is 70.8 Å². The largest absolute Gasteiger partial charge is 0.369 e. The van der Waals surface area contributed by atoms with Crippen molar-refractivity contribution in [3.63, 3.8) is 0 Å². The van der Waals surface area contributed by atoms with E-state index in [0.29, 0.717) is 36.8 Å². The maximum Gasteiger partial charge on any atom is 0.241 e. The van der Waals surface area contributed by atoms with Crippen LogP contribution >= 0.6 is 15.9 Å². The van der Waals surface area contributed by atoms with Crippen LogP contribution < -0.4 is 21.7 Å². The molecule has 36 heavy (non-hydrogen) atoms. The molecule has 4 rings (SSSR count). The maximum atomic E-state index is 12.6. The molecular formula is C26H30BrN7O2. The van der Waals surface area contributed by atoms with Crippen LogP contribution in [0.5, 0.6) is 0 Å². The highest BCUT2D eigenvalue weighted by Crippen LogP contribution is 2.23. The Hall–Kier alpha value is -3.50. The summed E-state index contributed by atoms with van der Waals surface area (Å²) in [5, 5.41) is 9.35. The van der Waals surface area contributed by atoms with Crippen molar-refractivity contribution in [1.82, 2.24) is 14.9 Å². The van der Waals surface area contributed by atoms with Crippen molar-refractivity contribution in [1.29, 1.82) is 0 Å². The van der Waals surface area contributed by atoms with Crippen LogP contribution in [0.4, 0.5) is 23.1 Å². The van der Waals surface area contributed by atoms with E-state index in [0.717, 1.165) is 41.7 Å².